The van der Waals surface area contributed by atoms with Crippen LogP contribution in [0.25, 0.3) is 0 Å². The number of benzene rings is 1. The van der Waals surface area contributed by atoms with Crippen molar-refractivity contribution in [1.29, 1.82) is 0 Å². The van der Waals surface area contributed by atoms with Gasteiger partial charge < -0.3 is 14.0 Å². The number of carbonyl (C=O) groups excluding carboxylic acids is 2. The van der Waals surface area contributed by atoms with Crippen molar-refractivity contribution in [3.63, 3.8) is 0 Å². The third-order valence-corrected chi connectivity index (χ3v) is 6.66. The van der Waals surface area contributed by atoms with Gasteiger partial charge in [0.25, 0.3) is 0 Å². The van der Waals surface area contributed by atoms with E-state index in [1.807, 2.05) is 0 Å². The Morgan fingerprint density at radius 3 is 1.42 bits per heavy atom. The van der Waals surface area contributed by atoms with Crippen LogP contribution in [0.1, 0.15) is 124 Å². The second-order valence-corrected chi connectivity index (χ2v) is 10.6. The average Bonchev–Trinajstić information content (AvgIpc) is 2.83. The van der Waals surface area contributed by atoms with Gasteiger partial charge in [-0.25, -0.2) is 18.0 Å². The van der Waals surface area contributed by atoms with Gasteiger partial charge in [-0.1, -0.05) is 96.1 Å². The molecule has 36 heavy (non-hydrogen) atoms. The van der Waals surface area contributed by atoms with Crippen LogP contribution < -0.4 is 51.4 Å². The van der Waals surface area contributed by atoms with E-state index in [0.29, 0.717) is 6.61 Å². The monoisotopic (exact) mass is 550 g/mol. The van der Waals surface area contributed by atoms with Crippen molar-refractivity contribution in [2.75, 3.05) is 19.0 Å². The second-order valence-electron chi connectivity index (χ2n) is 9.03. The zero-order valence-electron chi connectivity index (χ0n) is 22.3. The van der Waals surface area contributed by atoms with Crippen LogP contribution in [0.3, 0.4) is 0 Å². The van der Waals surface area contributed by atoms with Gasteiger partial charge in [-0.2, -0.15) is 0 Å². The van der Waals surface area contributed by atoms with E-state index >= 15 is 0 Å². The van der Waals surface area contributed by atoms with Gasteiger partial charge in [0.15, 0.2) is 0 Å². The summed E-state index contributed by atoms with van der Waals surface area (Å²) in [5.74, 6) is -1.73. The molecule has 0 fully saturated rings. The summed E-state index contributed by atoms with van der Waals surface area (Å²) >= 11 is 0. The largest absolute Gasteiger partial charge is 1.00 e. The molecule has 9 heteroatoms. The molecule has 0 saturated heterocycles. The molecular formula is C27H43KO7S. The normalized spacial score (nSPS) is 11.1. The van der Waals surface area contributed by atoms with E-state index in [1.54, 1.807) is 12.1 Å². The first-order valence-electron chi connectivity index (χ1n) is 13.2. The number of esters is 2. The van der Waals surface area contributed by atoms with Gasteiger partial charge in [0.2, 0.25) is 0 Å². The Hall–Kier alpha value is -0.294. The molecule has 200 valence electrons. The predicted octanol–water partition coefficient (Wildman–Crippen LogP) is 3.42. The Labute approximate surface area is 260 Å². The molecule has 0 bridgehead atoms. The molecule has 0 atom stereocenters. The topological polar surface area (TPSA) is 110 Å². The number of hydrogen-bond acceptors (Lipinski definition) is 7. The summed E-state index contributed by atoms with van der Waals surface area (Å²) in [5, 5.41) is 0. The van der Waals surface area contributed by atoms with Crippen molar-refractivity contribution in [2.45, 2.75) is 103 Å². The molecule has 0 heterocycles. The summed E-state index contributed by atoms with van der Waals surface area (Å²) in [5.41, 5.74) is 0.258. The summed E-state index contributed by atoms with van der Waals surface area (Å²) < 4.78 is 42.3. The molecule has 0 radical (unpaired) electrons. The number of ether oxygens (including phenoxy) is 2. The molecule has 7 nitrogen and oxygen atoms in total. The molecule has 0 aliphatic carbocycles. The summed E-state index contributed by atoms with van der Waals surface area (Å²) in [6.45, 7) is 2.52. The molecular weight excluding hydrogens is 507 g/mol. The summed E-state index contributed by atoms with van der Waals surface area (Å²) in [6.07, 6.45) is 16.5. The van der Waals surface area contributed by atoms with Crippen molar-refractivity contribution in [3.8, 4) is 0 Å². The Morgan fingerprint density at radius 1 is 0.667 bits per heavy atom. The van der Waals surface area contributed by atoms with Gasteiger partial charge in [0.1, 0.15) is 0 Å². The minimum atomic E-state index is -4.27. The number of rotatable bonds is 21. The van der Waals surface area contributed by atoms with Gasteiger partial charge in [-0.3, -0.25) is 0 Å². The van der Waals surface area contributed by atoms with Crippen LogP contribution in [0.2, 0.25) is 0 Å². The van der Waals surface area contributed by atoms with Crippen LogP contribution in [0.15, 0.2) is 24.3 Å². The first-order chi connectivity index (χ1) is 16.8. The fraction of sp³-hybridized carbons (Fsp3) is 0.704. The predicted molar refractivity (Wildman–Crippen MR) is 137 cm³/mol. The molecule has 1 aromatic rings. The molecule has 0 aliphatic rings. The maximum absolute atomic E-state index is 12.4. The van der Waals surface area contributed by atoms with Crippen LogP contribution in [0.5, 0.6) is 0 Å². The van der Waals surface area contributed by atoms with Gasteiger partial charge >= 0.3 is 63.3 Å². The van der Waals surface area contributed by atoms with E-state index < -0.39 is 27.8 Å². The minimum absolute atomic E-state index is 0. The van der Waals surface area contributed by atoms with E-state index in [-0.39, 0.29) is 82.0 Å². The smallest absolute Gasteiger partial charge is 0.748 e. The van der Waals surface area contributed by atoms with Crippen molar-refractivity contribution >= 4 is 22.1 Å². The maximum Gasteiger partial charge on any atom is 1.00 e. The molecule has 0 aliphatic heterocycles. The SMILES string of the molecule is CCCCCCCCCCCCCCCOC(=O)c1ccccc1C(=O)OCCCCS(=O)(=O)[O-].[K+]. The van der Waals surface area contributed by atoms with Crippen LogP contribution in [0, 0.1) is 0 Å². The first kappa shape index (κ1) is 35.7. The zero-order valence-corrected chi connectivity index (χ0v) is 26.2. The van der Waals surface area contributed by atoms with E-state index in [1.165, 1.54) is 76.3 Å². The van der Waals surface area contributed by atoms with Gasteiger partial charge in [-0.05, 0) is 31.4 Å². The van der Waals surface area contributed by atoms with E-state index in [2.05, 4.69) is 6.92 Å². The Kier molecular flexibility index (Phi) is 22.5. The molecule has 0 spiro atoms. The van der Waals surface area contributed by atoms with Crippen LogP contribution >= 0.6 is 0 Å². The molecule has 0 saturated carbocycles. The average molecular weight is 551 g/mol. The number of carbonyl (C=O) groups is 2. The van der Waals surface area contributed by atoms with Crippen LogP contribution in [0.4, 0.5) is 0 Å². The van der Waals surface area contributed by atoms with Crippen molar-refractivity contribution < 1.29 is 83.4 Å². The Bertz CT molecular complexity index is 827. The zero-order chi connectivity index (χ0) is 25.8. The fourth-order valence-corrected chi connectivity index (χ4v) is 4.38. The standard InChI is InChI=1S/C27H44O7S.K/c1-2-3-4-5-6-7-8-9-10-11-12-13-16-21-33-26(28)24-19-14-15-20-25(24)27(29)34-22-17-18-23-35(30,31)32;/h14-15,19-20H,2-13,16-18,21-23H2,1H3,(H,30,31,32);/q;+1/p-1. The van der Waals surface area contributed by atoms with Gasteiger partial charge in [0, 0.05) is 5.75 Å². The van der Waals surface area contributed by atoms with Crippen molar-refractivity contribution in [2.24, 2.45) is 0 Å². The number of unbranched alkanes of at least 4 members (excludes halogenated alkanes) is 13. The van der Waals surface area contributed by atoms with E-state index in [4.69, 9.17) is 9.47 Å². The molecule has 0 amide bonds. The maximum atomic E-state index is 12.4. The van der Waals surface area contributed by atoms with Crippen molar-refractivity contribution in [1.82, 2.24) is 0 Å². The molecule has 1 rings (SSSR count). The van der Waals surface area contributed by atoms with E-state index in [9.17, 15) is 22.6 Å². The Morgan fingerprint density at radius 2 is 1.03 bits per heavy atom. The molecule has 0 unspecified atom stereocenters. The van der Waals surface area contributed by atoms with Crippen LogP contribution in [-0.2, 0) is 19.6 Å². The summed E-state index contributed by atoms with van der Waals surface area (Å²) in [7, 11) is -4.27. The number of hydrogen-bond donors (Lipinski definition) is 0. The molecule has 0 aromatic heterocycles. The van der Waals surface area contributed by atoms with Gasteiger partial charge in [0.05, 0.1) is 34.5 Å². The summed E-state index contributed by atoms with van der Waals surface area (Å²) in [4.78, 5) is 24.8. The van der Waals surface area contributed by atoms with Crippen LogP contribution in [-0.4, -0.2) is 43.9 Å². The molecule has 0 N–H and O–H groups in total. The fourth-order valence-electron chi connectivity index (χ4n) is 3.83. The third kappa shape index (κ3) is 18.9. The minimum Gasteiger partial charge on any atom is -0.748 e. The third-order valence-electron chi connectivity index (χ3n) is 5.87. The second kappa shape index (κ2) is 22.7. The first-order valence-corrected chi connectivity index (χ1v) is 14.8. The quantitative estimate of drug-likeness (QED) is 0.0998. The Balaban J connectivity index is 0.0000122. The molecule has 1 aromatic carbocycles. The van der Waals surface area contributed by atoms with E-state index in [0.717, 1.165) is 19.3 Å². The summed E-state index contributed by atoms with van der Waals surface area (Å²) in [6, 6.07) is 6.29. The van der Waals surface area contributed by atoms with Crippen molar-refractivity contribution in [3.05, 3.63) is 35.4 Å². The van der Waals surface area contributed by atoms with Gasteiger partial charge in [-0.15, -0.1) is 0 Å².